The number of hydrogen-bond donors (Lipinski definition) is 2. The van der Waals surface area contributed by atoms with Crippen LogP contribution in [0.2, 0.25) is 0 Å². The van der Waals surface area contributed by atoms with Gasteiger partial charge in [-0.15, -0.1) is 0 Å². The zero-order valence-electron chi connectivity index (χ0n) is 11.5. The fraction of sp³-hybridized carbons (Fsp3) is 0.417. The second kappa shape index (κ2) is 6.69. The minimum absolute atomic E-state index is 0.00631. The van der Waals surface area contributed by atoms with Crippen molar-refractivity contribution in [1.29, 1.82) is 0 Å². The van der Waals surface area contributed by atoms with Crippen molar-refractivity contribution in [2.45, 2.75) is 31.8 Å². The fourth-order valence-electron chi connectivity index (χ4n) is 1.40. The molecule has 0 aliphatic rings. The van der Waals surface area contributed by atoms with Crippen molar-refractivity contribution in [1.82, 2.24) is 4.89 Å². The van der Waals surface area contributed by atoms with E-state index in [2.05, 4.69) is 4.84 Å². The molecule has 0 aliphatic carbocycles. The molecule has 0 spiro atoms. The van der Waals surface area contributed by atoms with Gasteiger partial charge in [0.1, 0.15) is 12.4 Å². The molecular formula is C12H18N2O5S. The predicted octanol–water partition coefficient (Wildman–Crippen LogP) is 0.477. The average molecular weight is 302 g/mol. The van der Waals surface area contributed by atoms with Crippen LogP contribution in [0.5, 0.6) is 5.75 Å². The highest BCUT2D eigenvalue weighted by molar-refractivity contribution is 7.89. The monoisotopic (exact) mass is 302 g/mol. The Labute approximate surface area is 118 Å². The highest BCUT2D eigenvalue weighted by Crippen LogP contribution is 2.22. The summed E-state index contributed by atoms with van der Waals surface area (Å²) in [5.41, 5.74) is 5.51. The van der Waals surface area contributed by atoms with E-state index in [9.17, 15) is 13.2 Å². The summed E-state index contributed by atoms with van der Waals surface area (Å²) in [5.74, 6) is -0.165. The molecular weight excluding hydrogens is 284 g/mol. The lowest BCUT2D eigenvalue weighted by Gasteiger charge is -2.13. The van der Waals surface area contributed by atoms with Gasteiger partial charge in [-0.2, -0.15) is 0 Å². The number of hydrogen-bond acceptors (Lipinski definition) is 5. The second-order valence-corrected chi connectivity index (χ2v) is 6.08. The summed E-state index contributed by atoms with van der Waals surface area (Å²) in [6, 6.07) is 4.41. The van der Waals surface area contributed by atoms with Gasteiger partial charge in [0.15, 0.2) is 0 Å². The minimum Gasteiger partial charge on any atom is -0.491 e. The van der Waals surface area contributed by atoms with Gasteiger partial charge < -0.3 is 10.5 Å². The van der Waals surface area contributed by atoms with E-state index >= 15 is 0 Å². The molecule has 7 nitrogen and oxygen atoms in total. The Bertz CT molecular complexity index is 584. The lowest BCUT2D eigenvalue weighted by molar-refractivity contribution is -0.123. The van der Waals surface area contributed by atoms with Crippen molar-refractivity contribution in [2.24, 2.45) is 5.73 Å². The fourth-order valence-corrected chi connectivity index (χ4v) is 2.29. The van der Waals surface area contributed by atoms with E-state index in [1.54, 1.807) is 13.0 Å². The summed E-state index contributed by atoms with van der Waals surface area (Å²) in [6.07, 6.45) is -0.00631. The highest BCUT2D eigenvalue weighted by atomic mass is 32.2. The van der Waals surface area contributed by atoms with E-state index in [1.807, 2.05) is 18.7 Å². The summed E-state index contributed by atoms with van der Waals surface area (Å²) in [4.78, 5) is 16.8. The first kappa shape index (κ1) is 16.4. The molecule has 8 heteroatoms. The lowest BCUT2D eigenvalue weighted by Crippen LogP contribution is -2.29. The molecule has 0 aromatic heterocycles. The maximum atomic E-state index is 11.9. The number of aryl methyl sites for hydroxylation is 1. The molecule has 20 heavy (non-hydrogen) atoms. The Kier molecular flexibility index (Phi) is 5.49. The van der Waals surface area contributed by atoms with Gasteiger partial charge in [-0.05, 0) is 44.5 Å². The van der Waals surface area contributed by atoms with Gasteiger partial charge >= 0.3 is 0 Å². The van der Waals surface area contributed by atoms with Crippen LogP contribution in [0.1, 0.15) is 19.4 Å². The van der Waals surface area contributed by atoms with Gasteiger partial charge in [-0.3, -0.25) is 9.63 Å². The van der Waals surface area contributed by atoms with Crippen LogP contribution in [0.15, 0.2) is 23.1 Å². The number of amides is 1. The molecule has 0 heterocycles. The molecule has 0 aliphatic heterocycles. The van der Waals surface area contributed by atoms with Gasteiger partial charge in [-0.25, -0.2) is 8.42 Å². The summed E-state index contributed by atoms with van der Waals surface area (Å²) in [7, 11) is -3.86. The Hall–Kier alpha value is -1.64. The van der Waals surface area contributed by atoms with Gasteiger partial charge in [0.2, 0.25) is 5.91 Å². The average Bonchev–Trinajstić information content (AvgIpc) is 2.30. The molecule has 1 amide bonds. The minimum atomic E-state index is -3.86. The van der Waals surface area contributed by atoms with Gasteiger partial charge in [0.05, 0.1) is 11.0 Å². The first-order valence-corrected chi connectivity index (χ1v) is 7.40. The topological polar surface area (TPSA) is 108 Å². The van der Waals surface area contributed by atoms with E-state index in [0.29, 0.717) is 11.3 Å². The van der Waals surface area contributed by atoms with E-state index in [0.717, 1.165) is 0 Å². The van der Waals surface area contributed by atoms with Gasteiger partial charge in [-0.1, -0.05) is 4.89 Å². The van der Waals surface area contributed by atoms with Crippen molar-refractivity contribution in [3.05, 3.63) is 23.8 Å². The van der Waals surface area contributed by atoms with E-state index in [-0.39, 0.29) is 11.0 Å². The van der Waals surface area contributed by atoms with Crippen molar-refractivity contribution in [2.75, 3.05) is 6.61 Å². The Morgan fingerprint density at radius 2 is 2.05 bits per heavy atom. The largest absolute Gasteiger partial charge is 0.491 e. The molecule has 112 valence electrons. The number of primary amides is 1. The number of ether oxygens (including phenoxy) is 1. The number of carbonyl (C=O) groups excluding carboxylic acids is 1. The van der Waals surface area contributed by atoms with Crippen LogP contribution >= 0.6 is 0 Å². The zero-order valence-corrected chi connectivity index (χ0v) is 12.4. The quantitative estimate of drug-likeness (QED) is 0.712. The number of sulfonamides is 1. The standard InChI is InChI=1S/C12H18N2O5S/c1-8(2)19-11-5-4-10(6-9(11)3)20(16,17)14-18-7-12(13)15/h4-6,8,14H,7H2,1-3H3,(H2,13,15). The molecule has 0 atom stereocenters. The Morgan fingerprint density at radius 1 is 1.40 bits per heavy atom. The highest BCUT2D eigenvalue weighted by Gasteiger charge is 2.16. The molecule has 0 fully saturated rings. The molecule has 0 saturated carbocycles. The van der Waals surface area contributed by atoms with Gasteiger partial charge in [0.25, 0.3) is 10.0 Å². The van der Waals surface area contributed by atoms with Gasteiger partial charge in [0, 0.05) is 0 Å². The van der Waals surface area contributed by atoms with Crippen molar-refractivity contribution >= 4 is 15.9 Å². The zero-order chi connectivity index (χ0) is 15.3. The van der Waals surface area contributed by atoms with Crippen LogP contribution in [0, 0.1) is 6.92 Å². The van der Waals surface area contributed by atoms with Crippen LogP contribution in [0.3, 0.4) is 0 Å². The van der Waals surface area contributed by atoms with Crippen LogP contribution in [0.4, 0.5) is 0 Å². The SMILES string of the molecule is Cc1cc(S(=O)(=O)NOCC(N)=O)ccc1OC(C)C. The molecule has 3 N–H and O–H groups in total. The van der Waals surface area contributed by atoms with Crippen LogP contribution < -0.4 is 15.4 Å². The first-order chi connectivity index (χ1) is 9.22. The Balaban J connectivity index is 2.85. The van der Waals surface area contributed by atoms with Crippen LogP contribution in [-0.4, -0.2) is 27.0 Å². The van der Waals surface area contributed by atoms with Crippen molar-refractivity contribution in [3.8, 4) is 5.75 Å². The number of carbonyl (C=O) groups is 1. The van der Waals surface area contributed by atoms with E-state index in [1.165, 1.54) is 12.1 Å². The summed E-state index contributed by atoms with van der Waals surface area (Å²) >= 11 is 0. The summed E-state index contributed by atoms with van der Waals surface area (Å²) in [6.45, 7) is 4.96. The third-order valence-electron chi connectivity index (χ3n) is 2.20. The molecule has 1 aromatic rings. The number of nitrogens with two attached hydrogens (primary N) is 1. The number of rotatable bonds is 7. The van der Waals surface area contributed by atoms with Crippen LogP contribution in [-0.2, 0) is 19.7 Å². The number of nitrogens with one attached hydrogen (secondary N) is 1. The van der Waals surface area contributed by atoms with Crippen LogP contribution in [0.25, 0.3) is 0 Å². The second-order valence-electron chi connectivity index (χ2n) is 4.44. The molecule has 0 bridgehead atoms. The maximum absolute atomic E-state index is 11.9. The Morgan fingerprint density at radius 3 is 2.55 bits per heavy atom. The lowest BCUT2D eigenvalue weighted by atomic mass is 10.2. The first-order valence-electron chi connectivity index (χ1n) is 5.91. The summed E-state index contributed by atoms with van der Waals surface area (Å²) < 4.78 is 29.3. The smallest absolute Gasteiger partial charge is 0.262 e. The molecule has 0 radical (unpaired) electrons. The van der Waals surface area contributed by atoms with Crippen molar-refractivity contribution in [3.63, 3.8) is 0 Å². The summed E-state index contributed by atoms with van der Waals surface area (Å²) in [5, 5.41) is 0. The predicted molar refractivity (Wildman–Crippen MR) is 72.4 cm³/mol. The normalized spacial score (nSPS) is 11.6. The molecule has 1 rings (SSSR count). The number of benzene rings is 1. The van der Waals surface area contributed by atoms with E-state index < -0.39 is 22.5 Å². The molecule has 0 saturated heterocycles. The molecule has 0 unspecified atom stereocenters. The molecule has 1 aromatic carbocycles. The third kappa shape index (κ3) is 4.80. The maximum Gasteiger partial charge on any atom is 0.262 e. The van der Waals surface area contributed by atoms with Crippen molar-refractivity contribution < 1.29 is 22.8 Å². The van der Waals surface area contributed by atoms with E-state index in [4.69, 9.17) is 10.5 Å². The third-order valence-corrected chi connectivity index (χ3v) is 3.41.